The molecule has 5 heteroatoms. The average molecular weight is 229 g/mol. The molecule has 0 spiro atoms. The topological polar surface area (TPSA) is 39.7 Å². The summed E-state index contributed by atoms with van der Waals surface area (Å²) in [7, 11) is 4.96. The van der Waals surface area contributed by atoms with Crippen LogP contribution < -0.4 is 5.32 Å². The SMILES string of the molecule is CNc1ccccc1.CO[SiH](OC)OC. The molecule has 0 aliphatic heterocycles. The van der Waals surface area contributed by atoms with Crippen LogP contribution in [0, 0.1) is 0 Å². The molecule has 0 saturated heterocycles. The third-order valence-electron chi connectivity index (χ3n) is 1.64. The highest BCUT2D eigenvalue weighted by molar-refractivity contribution is 6.36. The molecule has 0 fully saturated rings. The third-order valence-corrected chi connectivity index (χ3v) is 2.79. The van der Waals surface area contributed by atoms with E-state index < -0.39 is 9.53 Å². The molecular formula is C10H19NO3Si. The van der Waals surface area contributed by atoms with E-state index in [0.717, 1.165) is 5.69 Å². The second-order valence-electron chi connectivity index (χ2n) is 2.61. The van der Waals surface area contributed by atoms with Gasteiger partial charge < -0.3 is 18.6 Å². The molecule has 86 valence electrons. The summed E-state index contributed by atoms with van der Waals surface area (Å²) >= 11 is 0. The van der Waals surface area contributed by atoms with E-state index in [4.69, 9.17) is 13.3 Å². The number of benzene rings is 1. The molecule has 0 aliphatic rings. The Morgan fingerprint density at radius 1 is 0.933 bits per heavy atom. The maximum atomic E-state index is 4.74. The Balaban J connectivity index is 0.000000265. The van der Waals surface area contributed by atoms with Gasteiger partial charge in [0.15, 0.2) is 0 Å². The zero-order chi connectivity index (χ0) is 11.5. The van der Waals surface area contributed by atoms with Gasteiger partial charge in [0.25, 0.3) is 0 Å². The number of anilines is 1. The number of rotatable bonds is 4. The molecule has 15 heavy (non-hydrogen) atoms. The van der Waals surface area contributed by atoms with Gasteiger partial charge in [0.1, 0.15) is 0 Å². The van der Waals surface area contributed by atoms with Gasteiger partial charge in [-0.05, 0) is 12.1 Å². The lowest BCUT2D eigenvalue weighted by atomic mass is 10.3. The van der Waals surface area contributed by atoms with Gasteiger partial charge in [0.2, 0.25) is 0 Å². The summed E-state index contributed by atoms with van der Waals surface area (Å²) in [6, 6.07) is 10.1. The fraction of sp³-hybridized carbons (Fsp3) is 0.400. The quantitative estimate of drug-likeness (QED) is 0.792. The van der Waals surface area contributed by atoms with Crippen LogP contribution in [-0.4, -0.2) is 37.9 Å². The Kier molecular flexibility index (Phi) is 9.09. The van der Waals surface area contributed by atoms with Crippen molar-refractivity contribution in [2.45, 2.75) is 0 Å². The van der Waals surface area contributed by atoms with Crippen molar-refractivity contribution in [3.63, 3.8) is 0 Å². The zero-order valence-electron chi connectivity index (χ0n) is 9.69. The Morgan fingerprint density at radius 3 is 1.60 bits per heavy atom. The lowest BCUT2D eigenvalue weighted by Crippen LogP contribution is -2.21. The van der Waals surface area contributed by atoms with E-state index in [0.29, 0.717) is 0 Å². The van der Waals surface area contributed by atoms with Gasteiger partial charge in [0, 0.05) is 34.1 Å². The van der Waals surface area contributed by atoms with Crippen molar-refractivity contribution in [2.75, 3.05) is 33.7 Å². The maximum Gasteiger partial charge on any atom is 0.483 e. The second-order valence-corrected chi connectivity index (χ2v) is 4.60. The lowest BCUT2D eigenvalue weighted by Gasteiger charge is -2.05. The van der Waals surface area contributed by atoms with Crippen LogP contribution in [0.25, 0.3) is 0 Å². The summed E-state index contributed by atoms with van der Waals surface area (Å²) in [6.07, 6.45) is 0. The minimum absolute atomic E-state index is 1.16. The maximum absolute atomic E-state index is 4.74. The van der Waals surface area contributed by atoms with E-state index in [-0.39, 0.29) is 0 Å². The van der Waals surface area contributed by atoms with Crippen molar-refractivity contribution >= 4 is 15.2 Å². The van der Waals surface area contributed by atoms with E-state index in [1.807, 2.05) is 37.4 Å². The first kappa shape index (κ1) is 14.1. The minimum atomic E-state index is -1.67. The van der Waals surface area contributed by atoms with E-state index in [9.17, 15) is 0 Å². The number of para-hydroxylation sites is 1. The molecule has 0 radical (unpaired) electrons. The monoisotopic (exact) mass is 229 g/mol. The fourth-order valence-electron chi connectivity index (χ4n) is 0.893. The normalized spacial score (nSPS) is 9.40. The molecule has 4 nitrogen and oxygen atoms in total. The molecule has 1 aromatic rings. The van der Waals surface area contributed by atoms with E-state index >= 15 is 0 Å². The lowest BCUT2D eigenvalue weighted by molar-refractivity contribution is 0.163. The molecule has 0 bridgehead atoms. The van der Waals surface area contributed by atoms with E-state index in [1.54, 1.807) is 21.3 Å². The fourth-order valence-corrected chi connectivity index (χ4v) is 1.47. The van der Waals surface area contributed by atoms with Crippen LogP contribution in [0.3, 0.4) is 0 Å². The molecular weight excluding hydrogens is 210 g/mol. The third kappa shape index (κ3) is 7.09. The first-order chi connectivity index (χ1) is 7.28. The van der Waals surface area contributed by atoms with Crippen molar-refractivity contribution in [1.29, 1.82) is 0 Å². The number of hydrogen-bond donors (Lipinski definition) is 1. The van der Waals surface area contributed by atoms with Gasteiger partial charge >= 0.3 is 9.53 Å². The van der Waals surface area contributed by atoms with Gasteiger partial charge in [-0.25, -0.2) is 0 Å². The van der Waals surface area contributed by atoms with Gasteiger partial charge in [-0.1, -0.05) is 18.2 Å². The summed E-state index contributed by atoms with van der Waals surface area (Å²) in [4.78, 5) is 0. The smallest absolute Gasteiger partial charge is 0.388 e. The van der Waals surface area contributed by atoms with Gasteiger partial charge in [-0.15, -0.1) is 0 Å². The molecule has 0 unspecified atom stereocenters. The Morgan fingerprint density at radius 2 is 1.40 bits per heavy atom. The molecule has 0 saturated carbocycles. The average Bonchev–Trinajstić information content (AvgIpc) is 2.33. The van der Waals surface area contributed by atoms with Crippen molar-refractivity contribution in [3.8, 4) is 0 Å². The summed E-state index contributed by atoms with van der Waals surface area (Å²) in [5.74, 6) is 0. The summed E-state index contributed by atoms with van der Waals surface area (Å²) < 4.78 is 14.2. The molecule has 0 aliphatic carbocycles. The van der Waals surface area contributed by atoms with Crippen LogP contribution in [-0.2, 0) is 13.3 Å². The van der Waals surface area contributed by atoms with Crippen LogP contribution in [0.15, 0.2) is 30.3 Å². The van der Waals surface area contributed by atoms with Crippen LogP contribution in [0.2, 0.25) is 0 Å². The van der Waals surface area contributed by atoms with Crippen LogP contribution in [0.1, 0.15) is 0 Å². The minimum Gasteiger partial charge on any atom is -0.388 e. The summed E-state index contributed by atoms with van der Waals surface area (Å²) in [5, 5.41) is 3.03. The Hall–Kier alpha value is -0.883. The second kappa shape index (κ2) is 9.66. The van der Waals surface area contributed by atoms with E-state index in [1.165, 1.54) is 0 Å². The molecule has 0 atom stereocenters. The molecule has 0 heterocycles. The standard InChI is InChI=1S/C7H9N.C3H10O3Si/c1-8-7-5-3-2-4-6-7;1-4-7(5-2)6-3/h2-6,8H,1H3;7H,1-3H3. The van der Waals surface area contributed by atoms with Gasteiger partial charge in [-0.2, -0.15) is 0 Å². The van der Waals surface area contributed by atoms with E-state index in [2.05, 4.69) is 5.32 Å². The highest BCUT2D eigenvalue weighted by Gasteiger charge is 2.04. The largest absolute Gasteiger partial charge is 0.483 e. The number of hydrogen-bond acceptors (Lipinski definition) is 4. The number of nitrogens with one attached hydrogen (secondary N) is 1. The Bertz CT molecular complexity index is 224. The molecule has 1 rings (SSSR count). The summed E-state index contributed by atoms with van der Waals surface area (Å²) in [6.45, 7) is 0. The highest BCUT2D eigenvalue weighted by atomic mass is 28.3. The predicted molar refractivity (Wildman–Crippen MR) is 64.2 cm³/mol. The zero-order valence-corrected chi connectivity index (χ0v) is 10.8. The van der Waals surface area contributed by atoms with Gasteiger partial charge in [-0.3, -0.25) is 0 Å². The first-order valence-electron chi connectivity index (χ1n) is 4.59. The Labute approximate surface area is 93.1 Å². The van der Waals surface area contributed by atoms with Crippen LogP contribution in [0.4, 0.5) is 5.69 Å². The predicted octanol–water partition coefficient (Wildman–Crippen LogP) is 1.37. The van der Waals surface area contributed by atoms with Crippen molar-refractivity contribution in [1.82, 2.24) is 0 Å². The van der Waals surface area contributed by atoms with Crippen molar-refractivity contribution in [3.05, 3.63) is 30.3 Å². The summed E-state index contributed by atoms with van der Waals surface area (Å²) in [5.41, 5.74) is 1.16. The first-order valence-corrected chi connectivity index (χ1v) is 6.01. The molecule has 0 amide bonds. The van der Waals surface area contributed by atoms with Gasteiger partial charge in [0.05, 0.1) is 0 Å². The van der Waals surface area contributed by atoms with Crippen molar-refractivity contribution in [2.24, 2.45) is 0 Å². The molecule has 1 N–H and O–H groups in total. The van der Waals surface area contributed by atoms with Crippen molar-refractivity contribution < 1.29 is 13.3 Å². The van der Waals surface area contributed by atoms with Crippen LogP contribution >= 0.6 is 0 Å². The van der Waals surface area contributed by atoms with Crippen LogP contribution in [0.5, 0.6) is 0 Å². The molecule has 0 aromatic heterocycles. The molecule has 1 aromatic carbocycles. The highest BCUT2D eigenvalue weighted by Crippen LogP contribution is 2.01.